The molecule has 3 rings (SSSR count). The molecule has 6 nitrogen and oxygen atoms in total. The molecule has 2 aromatic rings. The second kappa shape index (κ2) is 9.01. The third kappa shape index (κ3) is 4.78. The largest absolute Gasteiger partial charge is 0.350 e. The van der Waals surface area contributed by atoms with Crippen molar-refractivity contribution >= 4 is 34.7 Å². The lowest BCUT2D eigenvalue weighted by Gasteiger charge is -2.21. The van der Waals surface area contributed by atoms with Gasteiger partial charge in [-0.2, -0.15) is 0 Å². The normalized spacial score (nSPS) is 15.0. The van der Waals surface area contributed by atoms with Crippen LogP contribution in [0.4, 0.5) is 5.69 Å². The monoisotopic (exact) mass is 399 g/mol. The van der Waals surface area contributed by atoms with Gasteiger partial charge in [0.1, 0.15) is 6.04 Å². The van der Waals surface area contributed by atoms with Gasteiger partial charge in [0, 0.05) is 25.2 Å². The van der Waals surface area contributed by atoms with E-state index in [0.717, 1.165) is 24.2 Å². The Morgan fingerprint density at radius 1 is 1.18 bits per heavy atom. The Labute approximate surface area is 168 Å². The van der Waals surface area contributed by atoms with E-state index in [0.29, 0.717) is 17.8 Å². The van der Waals surface area contributed by atoms with E-state index in [9.17, 15) is 14.4 Å². The summed E-state index contributed by atoms with van der Waals surface area (Å²) in [6.45, 7) is 4.93. The van der Waals surface area contributed by atoms with E-state index in [2.05, 4.69) is 10.6 Å². The summed E-state index contributed by atoms with van der Waals surface area (Å²) in [4.78, 5) is 39.1. The molecule has 3 amide bonds. The first kappa shape index (κ1) is 20.1. The van der Waals surface area contributed by atoms with Gasteiger partial charge in [-0.25, -0.2) is 0 Å². The molecular formula is C21H25N3O3S. The molecule has 1 unspecified atom stereocenters. The van der Waals surface area contributed by atoms with Gasteiger partial charge in [0.05, 0.1) is 4.88 Å². The fraction of sp³-hybridized carbons (Fsp3) is 0.381. The average molecular weight is 400 g/mol. The molecule has 0 aliphatic carbocycles. The zero-order chi connectivity index (χ0) is 20.1. The van der Waals surface area contributed by atoms with E-state index in [-0.39, 0.29) is 23.6 Å². The van der Waals surface area contributed by atoms with Crippen molar-refractivity contribution in [3.8, 4) is 0 Å². The molecule has 1 atom stereocenters. The van der Waals surface area contributed by atoms with Crippen molar-refractivity contribution in [1.82, 2.24) is 10.6 Å². The van der Waals surface area contributed by atoms with Crippen molar-refractivity contribution in [3.63, 3.8) is 0 Å². The lowest BCUT2D eigenvalue weighted by Crippen LogP contribution is -2.49. The van der Waals surface area contributed by atoms with Crippen LogP contribution >= 0.6 is 11.3 Å². The minimum Gasteiger partial charge on any atom is -0.350 e. The summed E-state index contributed by atoms with van der Waals surface area (Å²) in [5, 5.41) is 7.55. The molecule has 7 heteroatoms. The Morgan fingerprint density at radius 3 is 2.50 bits per heavy atom. The number of carbonyl (C=O) groups excluding carboxylic acids is 3. The van der Waals surface area contributed by atoms with Gasteiger partial charge in [0.2, 0.25) is 11.8 Å². The van der Waals surface area contributed by atoms with Crippen LogP contribution in [0.15, 0.2) is 41.8 Å². The molecule has 0 spiro atoms. The SMILES string of the molecule is CC(C)C(NC(=O)c1cccs1)C(=O)NCc1ccc(N2CCCC2=O)cc1. The summed E-state index contributed by atoms with van der Waals surface area (Å²) in [6.07, 6.45) is 1.50. The fourth-order valence-electron chi connectivity index (χ4n) is 3.17. The molecule has 1 aromatic heterocycles. The maximum absolute atomic E-state index is 12.6. The van der Waals surface area contributed by atoms with Crippen LogP contribution in [-0.2, 0) is 16.1 Å². The number of nitrogens with zero attached hydrogens (tertiary/aromatic N) is 1. The van der Waals surface area contributed by atoms with Crippen LogP contribution in [0.2, 0.25) is 0 Å². The lowest BCUT2D eigenvalue weighted by molar-refractivity contribution is -0.124. The van der Waals surface area contributed by atoms with Gasteiger partial charge in [0.15, 0.2) is 0 Å². The van der Waals surface area contributed by atoms with Crippen LogP contribution in [0, 0.1) is 5.92 Å². The number of hydrogen-bond donors (Lipinski definition) is 2. The van der Waals surface area contributed by atoms with E-state index in [1.807, 2.05) is 49.6 Å². The molecule has 148 valence electrons. The first-order valence-electron chi connectivity index (χ1n) is 9.47. The second-order valence-electron chi connectivity index (χ2n) is 7.21. The molecular weight excluding hydrogens is 374 g/mol. The minimum atomic E-state index is -0.601. The van der Waals surface area contributed by atoms with E-state index in [4.69, 9.17) is 0 Å². The van der Waals surface area contributed by atoms with E-state index in [1.165, 1.54) is 11.3 Å². The molecule has 0 saturated carbocycles. The van der Waals surface area contributed by atoms with Crippen LogP contribution in [0.5, 0.6) is 0 Å². The zero-order valence-corrected chi connectivity index (χ0v) is 16.9. The number of benzene rings is 1. The van der Waals surface area contributed by atoms with Crippen LogP contribution in [-0.4, -0.2) is 30.3 Å². The van der Waals surface area contributed by atoms with Crippen LogP contribution in [0.25, 0.3) is 0 Å². The average Bonchev–Trinajstić information content (AvgIpc) is 3.36. The summed E-state index contributed by atoms with van der Waals surface area (Å²) in [7, 11) is 0. The van der Waals surface area contributed by atoms with Gasteiger partial charge < -0.3 is 15.5 Å². The van der Waals surface area contributed by atoms with Crippen LogP contribution < -0.4 is 15.5 Å². The second-order valence-corrected chi connectivity index (χ2v) is 8.15. The molecule has 2 N–H and O–H groups in total. The quantitative estimate of drug-likeness (QED) is 0.751. The Morgan fingerprint density at radius 2 is 1.93 bits per heavy atom. The lowest BCUT2D eigenvalue weighted by atomic mass is 10.0. The predicted molar refractivity (Wildman–Crippen MR) is 110 cm³/mol. The van der Waals surface area contributed by atoms with Crippen LogP contribution in [0.1, 0.15) is 41.9 Å². The van der Waals surface area contributed by atoms with Gasteiger partial charge >= 0.3 is 0 Å². The molecule has 0 bridgehead atoms. The van der Waals surface area contributed by atoms with Crippen molar-refractivity contribution in [3.05, 3.63) is 52.2 Å². The number of anilines is 1. The van der Waals surface area contributed by atoms with Gasteiger partial charge in [0.25, 0.3) is 5.91 Å². The highest BCUT2D eigenvalue weighted by Crippen LogP contribution is 2.21. The standard InChI is InChI=1S/C21H25N3O3S/c1-14(2)19(23-20(26)17-5-4-12-28-17)21(27)22-13-15-7-9-16(10-8-15)24-11-3-6-18(24)25/h4-5,7-10,12,14,19H,3,6,11,13H2,1-2H3,(H,22,27)(H,23,26). The number of hydrogen-bond acceptors (Lipinski definition) is 4. The highest BCUT2D eigenvalue weighted by atomic mass is 32.1. The molecule has 0 radical (unpaired) electrons. The molecule has 1 aromatic carbocycles. The summed E-state index contributed by atoms with van der Waals surface area (Å²) in [5.74, 6) is -0.322. The fourth-order valence-corrected chi connectivity index (χ4v) is 3.80. The molecule has 28 heavy (non-hydrogen) atoms. The van der Waals surface area contributed by atoms with Gasteiger partial charge in [-0.1, -0.05) is 32.0 Å². The Kier molecular flexibility index (Phi) is 6.46. The van der Waals surface area contributed by atoms with Crippen molar-refractivity contribution in [2.75, 3.05) is 11.4 Å². The maximum atomic E-state index is 12.6. The van der Waals surface area contributed by atoms with Crippen molar-refractivity contribution in [2.45, 2.75) is 39.3 Å². The summed E-state index contributed by atoms with van der Waals surface area (Å²) < 4.78 is 0. The Hall–Kier alpha value is -2.67. The number of carbonyl (C=O) groups is 3. The smallest absolute Gasteiger partial charge is 0.262 e. The topological polar surface area (TPSA) is 78.5 Å². The Balaban J connectivity index is 1.56. The van der Waals surface area contributed by atoms with Crippen molar-refractivity contribution in [1.29, 1.82) is 0 Å². The zero-order valence-electron chi connectivity index (χ0n) is 16.1. The van der Waals surface area contributed by atoms with Crippen LogP contribution in [0.3, 0.4) is 0 Å². The summed E-state index contributed by atoms with van der Waals surface area (Å²) in [5.41, 5.74) is 1.83. The third-order valence-corrected chi connectivity index (χ3v) is 5.64. The first-order valence-corrected chi connectivity index (χ1v) is 10.3. The molecule has 1 aliphatic rings. The third-order valence-electron chi connectivity index (χ3n) is 4.77. The molecule has 1 fully saturated rings. The van der Waals surface area contributed by atoms with Gasteiger partial charge in [-0.15, -0.1) is 11.3 Å². The highest BCUT2D eigenvalue weighted by Gasteiger charge is 2.25. The van der Waals surface area contributed by atoms with Gasteiger partial charge in [-0.3, -0.25) is 14.4 Å². The highest BCUT2D eigenvalue weighted by molar-refractivity contribution is 7.12. The maximum Gasteiger partial charge on any atom is 0.262 e. The number of thiophene rings is 1. The number of rotatable bonds is 7. The predicted octanol–water partition coefficient (Wildman–Crippen LogP) is 2.95. The number of amides is 3. The summed E-state index contributed by atoms with van der Waals surface area (Å²) >= 11 is 1.35. The molecule has 1 aliphatic heterocycles. The van der Waals surface area contributed by atoms with Crippen molar-refractivity contribution in [2.24, 2.45) is 5.92 Å². The Bertz CT molecular complexity index is 831. The van der Waals surface area contributed by atoms with Crippen molar-refractivity contribution < 1.29 is 14.4 Å². The van der Waals surface area contributed by atoms with E-state index < -0.39 is 6.04 Å². The van der Waals surface area contributed by atoms with E-state index in [1.54, 1.807) is 11.0 Å². The summed E-state index contributed by atoms with van der Waals surface area (Å²) in [6, 6.07) is 10.6. The number of nitrogens with one attached hydrogen (secondary N) is 2. The minimum absolute atomic E-state index is 0.0348. The first-order chi connectivity index (χ1) is 13.5. The molecule has 2 heterocycles. The van der Waals surface area contributed by atoms with E-state index >= 15 is 0 Å². The molecule has 1 saturated heterocycles. The van der Waals surface area contributed by atoms with Gasteiger partial charge in [-0.05, 0) is 41.5 Å².